The lowest BCUT2D eigenvalue weighted by atomic mass is 10.1. The van der Waals surface area contributed by atoms with Crippen molar-refractivity contribution in [3.8, 4) is 0 Å². The number of rotatable bonds is 4. The van der Waals surface area contributed by atoms with E-state index >= 15 is 0 Å². The van der Waals surface area contributed by atoms with E-state index in [2.05, 4.69) is 16.8 Å². The Kier molecular flexibility index (Phi) is 4.54. The average molecular weight is 284 g/mol. The number of carbonyl (C=O) groups is 1. The van der Waals surface area contributed by atoms with E-state index in [1.165, 1.54) is 11.3 Å². The second-order valence-corrected chi connectivity index (χ2v) is 6.01. The molecule has 1 unspecified atom stereocenters. The molecule has 2 heterocycles. The van der Waals surface area contributed by atoms with Crippen LogP contribution in [0.2, 0.25) is 0 Å². The summed E-state index contributed by atoms with van der Waals surface area (Å²) in [4.78, 5) is 18.4. The first-order valence-electron chi connectivity index (χ1n) is 6.60. The quantitative estimate of drug-likeness (QED) is 0.919. The molecule has 2 rings (SSSR count). The molecule has 6 heteroatoms. The van der Waals surface area contributed by atoms with Crippen LogP contribution in [0.1, 0.15) is 53.2 Å². The zero-order valence-electron chi connectivity index (χ0n) is 11.5. The summed E-state index contributed by atoms with van der Waals surface area (Å²) in [7, 11) is 0. The van der Waals surface area contributed by atoms with Crippen molar-refractivity contribution in [1.29, 1.82) is 0 Å². The molecule has 0 saturated carbocycles. The fraction of sp³-hybridized carbons (Fsp3) is 0.692. The van der Waals surface area contributed by atoms with E-state index in [1.807, 2.05) is 13.8 Å². The van der Waals surface area contributed by atoms with Crippen molar-refractivity contribution in [3.63, 3.8) is 0 Å². The van der Waals surface area contributed by atoms with Crippen LogP contribution in [0.15, 0.2) is 0 Å². The van der Waals surface area contributed by atoms with E-state index in [-0.39, 0.29) is 12.0 Å². The number of hydrogen-bond donors (Lipinski definition) is 1. The normalized spacial score (nSPS) is 20.9. The highest BCUT2D eigenvalue weighted by Gasteiger charge is 2.27. The molecular weight excluding hydrogens is 264 g/mol. The van der Waals surface area contributed by atoms with E-state index in [4.69, 9.17) is 4.74 Å². The van der Waals surface area contributed by atoms with Crippen molar-refractivity contribution in [2.45, 2.75) is 32.8 Å². The summed E-state index contributed by atoms with van der Waals surface area (Å²) in [6.45, 7) is 9.43. The lowest BCUT2D eigenvalue weighted by Gasteiger charge is -2.30. The van der Waals surface area contributed by atoms with Crippen molar-refractivity contribution < 1.29 is 14.6 Å². The number of carboxylic acids is 1. The van der Waals surface area contributed by atoms with Crippen LogP contribution < -0.4 is 0 Å². The van der Waals surface area contributed by atoms with Crippen LogP contribution in [0.3, 0.4) is 0 Å². The van der Waals surface area contributed by atoms with Gasteiger partial charge in [-0.15, -0.1) is 11.3 Å². The molecule has 0 aliphatic carbocycles. The molecule has 0 bridgehead atoms. The highest BCUT2D eigenvalue weighted by atomic mass is 32.1. The smallest absolute Gasteiger partial charge is 0.347 e. The van der Waals surface area contributed by atoms with Gasteiger partial charge in [0.15, 0.2) is 0 Å². The minimum absolute atomic E-state index is 0.0932. The predicted molar refractivity (Wildman–Crippen MR) is 74.0 cm³/mol. The zero-order chi connectivity index (χ0) is 14.0. The van der Waals surface area contributed by atoms with Gasteiger partial charge in [-0.2, -0.15) is 0 Å². The molecule has 0 aromatic carbocycles. The molecule has 1 saturated heterocycles. The number of carboxylic acid groups (broad SMARTS) is 1. The molecular formula is C13H20N2O3S. The van der Waals surface area contributed by atoms with Gasteiger partial charge in [0.25, 0.3) is 0 Å². The Labute approximate surface area is 117 Å². The first-order chi connectivity index (χ1) is 9.02. The first-order valence-corrected chi connectivity index (χ1v) is 7.42. The standard InChI is InChI=1S/C13H20N2O3S/c1-4-15-5-6-18-9(7-15)12-14-10(8(2)3)11(19-12)13(16)17/h8-9H,4-7H2,1-3H3,(H,16,17). The zero-order valence-corrected chi connectivity index (χ0v) is 12.4. The molecule has 106 valence electrons. The van der Waals surface area contributed by atoms with Crippen LogP contribution >= 0.6 is 11.3 Å². The summed E-state index contributed by atoms with van der Waals surface area (Å²) in [5, 5.41) is 10.0. The van der Waals surface area contributed by atoms with Gasteiger partial charge < -0.3 is 9.84 Å². The Bertz CT molecular complexity index is 459. The van der Waals surface area contributed by atoms with Gasteiger partial charge in [0.2, 0.25) is 0 Å². The van der Waals surface area contributed by atoms with E-state index in [0.29, 0.717) is 17.2 Å². The van der Waals surface area contributed by atoms with Crippen LogP contribution in [-0.2, 0) is 4.74 Å². The number of aromatic carboxylic acids is 1. The minimum Gasteiger partial charge on any atom is -0.477 e. The first kappa shape index (κ1) is 14.4. The van der Waals surface area contributed by atoms with Crippen molar-refractivity contribution in [1.82, 2.24) is 9.88 Å². The number of likely N-dealkylation sites (N-methyl/N-ethyl adjacent to an activating group) is 1. The van der Waals surface area contributed by atoms with Gasteiger partial charge in [-0.25, -0.2) is 9.78 Å². The van der Waals surface area contributed by atoms with E-state index in [0.717, 1.165) is 24.6 Å². The molecule has 1 aliphatic rings. The van der Waals surface area contributed by atoms with Crippen LogP contribution in [0.25, 0.3) is 0 Å². The maximum absolute atomic E-state index is 11.3. The SMILES string of the molecule is CCN1CCOC(c2nc(C(C)C)c(C(=O)O)s2)C1. The molecule has 1 N–H and O–H groups in total. The van der Waals surface area contributed by atoms with Crippen LogP contribution in [-0.4, -0.2) is 47.2 Å². The van der Waals surface area contributed by atoms with Gasteiger partial charge in [0, 0.05) is 13.1 Å². The fourth-order valence-electron chi connectivity index (χ4n) is 2.17. The molecule has 19 heavy (non-hydrogen) atoms. The fourth-order valence-corrected chi connectivity index (χ4v) is 3.27. The molecule has 1 aromatic heterocycles. The third-order valence-corrected chi connectivity index (χ3v) is 4.44. The Morgan fingerprint density at radius 1 is 1.63 bits per heavy atom. The monoisotopic (exact) mass is 284 g/mol. The Morgan fingerprint density at radius 3 is 2.89 bits per heavy atom. The molecule has 0 radical (unpaired) electrons. The maximum atomic E-state index is 11.3. The second-order valence-electron chi connectivity index (χ2n) is 4.98. The Balaban J connectivity index is 2.25. The third-order valence-electron chi connectivity index (χ3n) is 3.28. The lowest BCUT2D eigenvalue weighted by molar-refractivity contribution is -0.0283. The van der Waals surface area contributed by atoms with Crippen molar-refractivity contribution in [3.05, 3.63) is 15.6 Å². The van der Waals surface area contributed by atoms with Gasteiger partial charge in [0.1, 0.15) is 16.0 Å². The molecule has 0 amide bonds. The van der Waals surface area contributed by atoms with Crippen LogP contribution in [0.5, 0.6) is 0 Å². The van der Waals surface area contributed by atoms with Gasteiger partial charge in [-0.3, -0.25) is 4.90 Å². The molecule has 5 nitrogen and oxygen atoms in total. The molecule has 1 fully saturated rings. The minimum atomic E-state index is -0.893. The Hall–Kier alpha value is -0.980. The lowest BCUT2D eigenvalue weighted by Crippen LogP contribution is -2.38. The summed E-state index contributed by atoms with van der Waals surface area (Å²) >= 11 is 1.25. The summed E-state index contributed by atoms with van der Waals surface area (Å²) in [6.07, 6.45) is -0.0932. The van der Waals surface area contributed by atoms with Gasteiger partial charge in [-0.05, 0) is 12.5 Å². The van der Waals surface area contributed by atoms with E-state index < -0.39 is 5.97 Å². The number of morpholine rings is 1. The summed E-state index contributed by atoms with van der Waals surface area (Å²) < 4.78 is 5.74. The summed E-state index contributed by atoms with van der Waals surface area (Å²) in [6, 6.07) is 0. The number of ether oxygens (including phenoxy) is 1. The second kappa shape index (κ2) is 5.98. The predicted octanol–water partition coefficient (Wildman–Crippen LogP) is 2.36. The van der Waals surface area contributed by atoms with Crippen molar-refractivity contribution >= 4 is 17.3 Å². The molecule has 1 atom stereocenters. The molecule has 1 aromatic rings. The molecule has 1 aliphatic heterocycles. The van der Waals surface area contributed by atoms with Crippen LogP contribution in [0, 0.1) is 0 Å². The van der Waals surface area contributed by atoms with Gasteiger partial charge in [-0.1, -0.05) is 20.8 Å². The van der Waals surface area contributed by atoms with E-state index in [1.54, 1.807) is 0 Å². The number of aromatic nitrogens is 1. The van der Waals surface area contributed by atoms with Gasteiger partial charge >= 0.3 is 5.97 Å². The largest absolute Gasteiger partial charge is 0.477 e. The average Bonchev–Trinajstić information content (AvgIpc) is 2.84. The van der Waals surface area contributed by atoms with Gasteiger partial charge in [0.05, 0.1) is 12.3 Å². The number of thiazole rings is 1. The summed E-state index contributed by atoms with van der Waals surface area (Å²) in [5.41, 5.74) is 0.671. The van der Waals surface area contributed by atoms with Crippen LogP contribution in [0.4, 0.5) is 0 Å². The van der Waals surface area contributed by atoms with E-state index in [9.17, 15) is 9.90 Å². The highest BCUT2D eigenvalue weighted by molar-refractivity contribution is 7.13. The Morgan fingerprint density at radius 2 is 2.37 bits per heavy atom. The highest BCUT2D eigenvalue weighted by Crippen LogP contribution is 2.31. The van der Waals surface area contributed by atoms with Crippen molar-refractivity contribution in [2.75, 3.05) is 26.2 Å². The maximum Gasteiger partial charge on any atom is 0.347 e. The molecule has 0 spiro atoms. The topological polar surface area (TPSA) is 62.7 Å². The number of hydrogen-bond acceptors (Lipinski definition) is 5. The van der Waals surface area contributed by atoms with Crippen molar-refractivity contribution in [2.24, 2.45) is 0 Å². The summed E-state index contributed by atoms with van der Waals surface area (Å²) in [5.74, 6) is -0.780. The number of nitrogens with zero attached hydrogens (tertiary/aromatic N) is 2. The third kappa shape index (κ3) is 3.13.